The van der Waals surface area contributed by atoms with E-state index in [0.717, 1.165) is 5.56 Å². The summed E-state index contributed by atoms with van der Waals surface area (Å²) >= 11 is 0. The minimum Gasteiger partial charge on any atom is -0.493 e. The van der Waals surface area contributed by atoms with E-state index in [0.29, 0.717) is 22.7 Å². The number of carbonyl (C=O) groups excluding carboxylic acids is 1. The number of pyridine rings is 1. The van der Waals surface area contributed by atoms with E-state index < -0.39 is 5.82 Å². The maximum absolute atomic E-state index is 13.8. The van der Waals surface area contributed by atoms with Gasteiger partial charge < -0.3 is 14.4 Å². The van der Waals surface area contributed by atoms with Crippen LogP contribution in [0.1, 0.15) is 15.9 Å². The van der Waals surface area contributed by atoms with Gasteiger partial charge in [0.25, 0.3) is 5.91 Å². The number of amides is 1. The minimum atomic E-state index is -0.413. The van der Waals surface area contributed by atoms with Crippen LogP contribution in [0.25, 0.3) is 0 Å². The van der Waals surface area contributed by atoms with Crippen LogP contribution in [0.15, 0.2) is 67.0 Å². The smallest absolute Gasteiger partial charge is 0.258 e. The van der Waals surface area contributed by atoms with E-state index in [1.54, 1.807) is 48.8 Å². The van der Waals surface area contributed by atoms with Gasteiger partial charge in [0.1, 0.15) is 5.82 Å². The monoisotopic (exact) mass is 366 g/mol. The normalized spacial score (nSPS) is 10.3. The summed E-state index contributed by atoms with van der Waals surface area (Å²) in [5.74, 6) is 0.275. The number of benzene rings is 2. The van der Waals surface area contributed by atoms with E-state index in [9.17, 15) is 9.18 Å². The first-order chi connectivity index (χ1) is 13.1. The van der Waals surface area contributed by atoms with Gasteiger partial charge in [0.05, 0.1) is 20.8 Å². The van der Waals surface area contributed by atoms with Gasteiger partial charge in [-0.05, 0) is 48.0 Å². The summed E-state index contributed by atoms with van der Waals surface area (Å²) in [7, 11) is 3.03. The maximum Gasteiger partial charge on any atom is 0.258 e. The van der Waals surface area contributed by atoms with Gasteiger partial charge in [-0.25, -0.2) is 4.39 Å². The second-order valence-electron chi connectivity index (χ2n) is 5.80. The van der Waals surface area contributed by atoms with Crippen molar-refractivity contribution in [3.8, 4) is 11.5 Å². The number of hydrogen-bond acceptors (Lipinski definition) is 4. The second-order valence-corrected chi connectivity index (χ2v) is 5.80. The van der Waals surface area contributed by atoms with E-state index in [-0.39, 0.29) is 12.5 Å². The first kappa shape index (κ1) is 18.4. The zero-order chi connectivity index (χ0) is 19.2. The molecule has 0 saturated heterocycles. The Labute approximate surface area is 157 Å². The molecule has 0 radical (unpaired) electrons. The van der Waals surface area contributed by atoms with Crippen molar-refractivity contribution in [1.29, 1.82) is 0 Å². The average Bonchev–Trinajstić information content (AvgIpc) is 2.71. The van der Waals surface area contributed by atoms with Crippen LogP contribution in [-0.2, 0) is 6.54 Å². The number of carbonyl (C=O) groups is 1. The molecule has 0 aliphatic heterocycles. The molecule has 0 fully saturated rings. The fourth-order valence-electron chi connectivity index (χ4n) is 2.72. The van der Waals surface area contributed by atoms with Crippen LogP contribution in [-0.4, -0.2) is 25.1 Å². The number of rotatable bonds is 6. The van der Waals surface area contributed by atoms with Crippen molar-refractivity contribution in [2.24, 2.45) is 0 Å². The third kappa shape index (κ3) is 4.23. The predicted octanol–water partition coefficient (Wildman–Crippen LogP) is 4.08. The van der Waals surface area contributed by atoms with Crippen LogP contribution in [0.4, 0.5) is 10.1 Å². The molecule has 5 nitrogen and oxygen atoms in total. The first-order valence-electron chi connectivity index (χ1n) is 8.30. The number of hydrogen-bond donors (Lipinski definition) is 0. The molecule has 27 heavy (non-hydrogen) atoms. The van der Waals surface area contributed by atoms with Crippen LogP contribution >= 0.6 is 0 Å². The Kier molecular flexibility index (Phi) is 5.66. The Morgan fingerprint density at radius 1 is 1.04 bits per heavy atom. The average molecular weight is 366 g/mol. The lowest BCUT2D eigenvalue weighted by Crippen LogP contribution is -2.30. The molecule has 3 aromatic rings. The standard InChI is InChI=1S/C21H19FN2O3/c1-26-19-9-8-16(11-20(19)27-2)21(25)24(14-15-5-4-10-23-13-15)18-7-3-6-17(22)12-18/h3-13H,14H2,1-2H3. The Balaban J connectivity index is 2.00. The Hall–Kier alpha value is -3.41. The Morgan fingerprint density at radius 3 is 2.52 bits per heavy atom. The first-order valence-corrected chi connectivity index (χ1v) is 8.30. The Morgan fingerprint density at radius 2 is 1.85 bits per heavy atom. The van der Waals surface area contributed by atoms with Crippen molar-refractivity contribution in [3.63, 3.8) is 0 Å². The summed E-state index contributed by atoms with van der Waals surface area (Å²) in [5, 5.41) is 0. The molecular weight excluding hydrogens is 347 g/mol. The second kappa shape index (κ2) is 8.31. The molecule has 0 aliphatic rings. The molecule has 1 heterocycles. The van der Waals surface area contributed by atoms with Crippen LogP contribution in [0, 0.1) is 5.82 Å². The van der Waals surface area contributed by atoms with Gasteiger partial charge >= 0.3 is 0 Å². The number of ether oxygens (including phenoxy) is 2. The molecule has 1 amide bonds. The number of methoxy groups -OCH3 is 2. The number of aromatic nitrogens is 1. The summed E-state index contributed by atoms with van der Waals surface area (Å²) in [5.41, 5.74) is 1.69. The third-order valence-corrected chi connectivity index (χ3v) is 4.06. The highest BCUT2D eigenvalue weighted by Gasteiger charge is 2.20. The largest absolute Gasteiger partial charge is 0.493 e. The number of halogens is 1. The number of nitrogens with zero attached hydrogens (tertiary/aromatic N) is 2. The molecule has 0 saturated carbocycles. The summed E-state index contributed by atoms with van der Waals surface area (Å²) in [6, 6.07) is 14.5. The van der Waals surface area contributed by atoms with Gasteiger partial charge in [-0.15, -0.1) is 0 Å². The van der Waals surface area contributed by atoms with E-state index in [2.05, 4.69) is 4.98 Å². The van der Waals surface area contributed by atoms with Crippen molar-refractivity contribution >= 4 is 11.6 Å². The highest BCUT2D eigenvalue weighted by Crippen LogP contribution is 2.29. The van der Waals surface area contributed by atoms with Crippen LogP contribution in [0.3, 0.4) is 0 Å². The van der Waals surface area contributed by atoms with E-state index in [4.69, 9.17) is 9.47 Å². The summed E-state index contributed by atoms with van der Waals surface area (Å²) in [6.07, 6.45) is 3.33. The summed E-state index contributed by atoms with van der Waals surface area (Å²) < 4.78 is 24.3. The van der Waals surface area contributed by atoms with Gasteiger partial charge in [0, 0.05) is 23.6 Å². The van der Waals surface area contributed by atoms with Crippen molar-refractivity contribution in [3.05, 3.63) is 83.9 Å². The van der Waals surface area contributed by atoms with E-state index >= 15 is 0 Å². The minimum absolute atomic E-state index is 0.254. The van der Waals surface area contributed by atoms with Crippen molar-refractivity contribution in [2.75, 3.05) is 19.1 Å². The fraction of sp³-hybridized carbons (Fsp3) is 0.143. The molecule has 0 unspecified atom stereocenters. The quantitative estimate of drug-likeness (QED) is 0.659. The molecule has 0 aliphatic carbocycles. The van der Waals surface area contributed by atoms with Crippen LogP contribution in [0.5, 0.6) is 11.5 Å². The van der Waals surface area contributed by atoms with Gasteiger partial charge in [-0.3, -0.25) is 9.78 Å². The lowest BCUT2D eigenvalue weighted by Gasteiger charge is -2.23. The van der Waals surface area contributed by atoms with Crippen molar-refractivity contribution in [2.45, 2.75) is 6.54 Å². The molecule has 138 valence electrons. The zero-order valence-electron chi connectivity index (χ0n) is 15.1. The fourth-order valence-corrected chi connectivity index (χ4v) is 2.72. The van der Waals surface area contributed by atoms with Crippen molar-refractivity contribution < 1.29 is 18.7 Å². The lowest BCUT2D eigenvalue weighted by atomic mass is 10.1. The molecule has 0 spiro atoms. The Bertz CT molecular complexity index is 932. The zero-order valence-corrected chi connectivity index (χ0v) is 15.1. The molecule has 0 bridgehead atoms. The highest BCUT2D eigenvalue weighted by atomic mass is 19.1. The van der Waals surface area contributed by atoms with E-state index in [1.165, 1.54) is 31.3 Å². The highest BCUT2D eigenvalue weighted by molar-refractivity contribution is 6.06. The molecule has 6 heteroatoms. The van der Waals surface area contributed by atoms with Gasteiger partial charge in [0.2, 0.25) is 0 Å². The molecular formula is C21H19FN2O3. The van der Waals surface area contributed by atoms with Gasteiger partial charge in [-0.2, -0.15) is 0 Å². The van der Waals surface area contributed by atoms with Crippen LogP contribution < -0.4 is 14.4 Å². The third-order valence-electron chi connectivity index (χ3n) is 4.06. The molecule has 3 rings (SSSR count). The van der Waals surface area contributed by atoms with Gasteiger partial charge in [-0.1, -0.05) is 12.1 Å². The van der Waals surface area contributed by atoms with Crippen molar-refractivity contribution in [1.82, 2.24) is 4.98 Å². The van der Waals surface area contributed by atoms with Gasteiger partial charge in [0.15, 0.2) is 11.5 Å². The van der Waals surface area contributed by atoms with E-state index in [1.807, 2.05) is 6.07 Å². The predicted molar refractivity (Wildman–Crippen MR) is 101 cm³/mol. The number of anilines is 1. The van der Waals surface area contributed by atoms with Crippen LogP contribution in [0.2, 0.25) is 0 Å². The summed E-state index contributed by atoms with van der Waals surface area (Å²) in [6.45, 7) is 0.254. The molecule has 2 aromatic carbocycles. The molecule has 0 N–H and O–H groups in total. The lowest BCUT2D eigenvalue weighted by molar-refractivity contribution is 0.0984. The molecule has 1 aromatic heterocycles. The SMILES string of the molecule is COc1ccc(C(=O)N(Cc2cccnc2)c2cccc(F)c2)cc1OC. The maximum atomic E-state index is 13.8. The topological polar surface area (TPSA) is 51.7 Å². The molecule has 0 atom stereocenters. The summed E-state index contributed by atoms with van der Waals surface area (Å²) in [4.78, 5) is 18.8.